The van der Waals surface area contributed by atoms with Crippen LogP contribution in [0.4, 0.5) is 4.39 Å². The lowest BCUT2D eigenvalue weighted by Crippen LogP contribution is -2.46. The average molecular weight is 310 g/mol. The van der Waals surface area contributed by atoms with Gasteiger partial charge < -0.3 is 9.84 Å². The third-order valence-electron chi connectivity index (χ3n) is 2.84. The van der Waals surface area contributed by atoms with E-state index in [0.29, 0.717) is 0 Å². The number of morpholine rings is 1. The fourth-order valence-electron chi connectivity index (χ4n) is 1.84. The summed E-state index contributed by atoms with van der Waals surface area (Å²) in [5.74, 6) is -0.962. The second kappa shape index (κ2) is 5.72. The van der Waals surface area contributed by atoms with E-state index in [1.807, 2.05) is 0 Å². The number of rotatable bonds is 3. The second-order valence-electron chi connectivity index (χ2n) is 4.09. The Balaban J connectivity index is 2.34. The van der Waals surface area contributed by atoms with Gasteiger partial charge in [-0.05, 0) is 12.1 Å². The van der Waals surface area contributed by atoms with E-state index in [-0.39, 0.29) is 31.3 Å². The Morgan fingerprint density at radius 2 is 2.26 bits per heavy atom. The minimum atomic E-state index is -3.98. The van der Waals surface area contributed by atoms with Crippen LogP contribution >= 0.6 is 11.6 Å². The van der Waals surface area contributed by atoms with Crippen molar-refractivity contribution >= 4 is 21.6 Å². The van der Waals surface area contributed by atoms with Crippen LogP contribution in [0.5, 0.6) is 0 Å². The van der Waals surface area contributed by atoms with E-state index >= 15 is 0 Å². The summed E-state index contributed by atoms with van der Waals surface area (Å²) >= 11 is 5.59. The van der Waals surface area contributed by atoms with E-state index in [0.717, 1.165) is 4.31 Å². The molecule has 1 atom stereocenters. The van der Waals surface area contributed by atoms with Crippen LogP contribution in [0.1, 0.15) is 0 Å². The van der Waals surface area contributed by atoms with Gasteiger partial charge in [-0.3, -0.25) is 0 Å². The predicted molar refractivity (Wildman–Crippen MR) is 67.0 cm³/mol. The molecule has 1 unspecified atom stereocenters. The summed E-state index contributed by atoms with van der Waals surface area (Å²) in [7, 11) is -3.98. The molecule has 0 saturated carbocycles. The summed E-state index contributed by atoms with van der Waals surface area (Å²) in [5.41, 5.74) is 0. The molecule has 1 aromatic rings. The zero-order valence-electron chi connectivity index (χ0n) is 9.92. The number of halogens is 2. The van der Waals surface area contributed by atoms with E-state index in [2.05, 4.69) is 0 Å². The van der Waals surface area contributed by atoms with Crippen LogP contribution in [-0.2, 0) is 14.8 Å². The van der Waals surface area contributed by atoms with Crippen molar-refractivity contribution in [3.63, 3.8) is 0 Å². The highest BCUT2D eigenvalue weighted by Gasteiger charge is 2.32. The quantitative estimate of drug-likeness (QED) is 0.899. The maximum Gasteiger partial charge on any atom is 0.246 e. The zero-order chi connectivity index (χ0) is 14.0. The first kappa shape index (κ1) is 14.7. The fourth-order valence-corrected chi connectivity index (χ4v) is 3.62. The number of ether oxygens (including phenoxy) is 1. The van der Waals surface area contributed by atoms with Gasteiger partial charge in [0.25, 0.3) is 0 Å². The van der Waals surface area contributed by atoms with Gasteiger partial charge in [-0.1, -0.05) is 17.7 Å². The molecule has 1 aliphatic heterocycles. The van der Waals surface area contributed by atoms with E-state index < -0.39 is 26.8 Å². The van der Waals surface area contributed by atoms with Crippen molar-refractivity contribution in [1.82, 2.24) is 4.31 Å². The van der Waals surface area contributed by atoms with Crippen molar-refractivity contribution in [3.05, 3.63) is 29.0 Å². The first-order valence-electron chi connectivity index (χ1n) is 5.63. The van der Waals surface area contributed by atoms with E-state index in [1.54, 1.807) is 0 Å². The third kappa shape index (κ3) is 2.90. The maximum atomic E-state index is 13.8. The molecule has 8 heteroatoms. The Morgan fingerprint density at radius 3 is 2.95 bits per heavy atom. The van der Waals surface area contributed by atoms with Crippen molar-refractivity contribution in [2.24, 2.45) is 0 Å². The smallest absolute Gasteiger partial charge is 0.246 e. The van der Waals surface area contributed by atoms with E-state index in [1.165, 1.54) is 18.2 Å². The Morgan fingerprint density at radius 1 is 1.53 bits per heavy atom. The van der Waals surface area contributed by atoms with E-state index in [9.17, 15) is 12.8 Å². The zero-order valence-corrected chi connectivity index (χ0v) is 11.5. The molecule has 0 amide bonds. The molecule has 106 valence electrons. The molecule has 0 bridgehead atoms. The van der Waals surface area contributed by atoms with Gasteiger partial charge in [0.2, 0.25) is 10.0 Å². The molecule has 1 heterocycles. The normalized spacial score (nSPS) is 21.5. The molecule has 19 heavy (non-hydrogen) atoms. The maximum absolute atomic E-state index is 13.8. The van der Waals surface area contributed by atoms with Crippen LogP contribution in [0, 0.1) is 5.82 Å². The van der Waals surface area contributed by atoms with Gasteiger partial charge in [-0.25, -0.2) is 12.8 Å². The number of aliphatic hydroxyl groups excluding tert-OH is 1. The number of hydrogen-bond donors (Lipinski definition) is 1. The van der Waals surface area contributed by atoms with E-state index in [4.69, 9.17) is 21.4 Å². The summed E-state index contributed by atoms with van der Waals surface area (Å²) in [5, 5.41) is 8.76. The van der Waals surface area contributed by atoms with Crippen molar-refractivity contribution < 1.29 is 22.7 Å². The summed E-state index contributed by atoms with van der Waals surface area (Å²) in [6.45, 7) is -0.0216. The summed E-state index contributed by atoms with van der Waals surface area (Å²) in [4.78, 5) is -0.460. The molecular formula is C11H13ClFNO4S. The minimum absolute atomic E-state index is 0.00914. The molecule has 2 rings (SSSR count). The monoisotopic (exact) mass is 309 g/mol. The number of benzene rings is 1. The van der Waals surface area contributed by atoms with Gasteiger partial charge in [0.05, 0.1) is 24.3 Å². The van der Waals surface area contributed by atoms with Gasteiger partial charge in [0, 0.05) is 13.1 Å². The first-order valence-corrected chi connectivity index (χ1v) is 7.45. The molecule has 1 aliphatic rings. The SMILES string of the molecule is O=S(=O)(c1cccc(Cl)c1F)N1CCOC(CO)C1. The highest BCUT2D eigenvalue weighted by molar-refractivity contribution is 7.89. The lowest BCUT2D eigenvalue weighted by Gasteiger charge is -2.31. The van der Waals surface area contributed by atoms with Crippen LogP contribution in [0.3, 0.4) is 0 Å². The Kier molecular flexibility index (Phi) is 4.42. The number of nitrogens with zero attached hydrogens (tertiary/aromatic N) is 1. The van der Waals surface area contributed by atoms with Gasteiger partial charge in [-0.2, -0.15) is 4.31 Å². The molecule has 1 saturated heterocycles. The Bertz CT molecular complexity index is 566. The molecule has 0 aliphatic carbocycles. The Hall–Kier alpha value is -0.730. The van der Waals surface area contributed by atoms with Gasteiger partial charge in [-0.15, -0.1) is 0 Å². The molecule has 0 aromatic heterocycles. The molecular weight excluding hydrogens is 297 g/mol. The van der Waals surface area contributed by atoms with Gasteiger partial charge in [0.15, 0.2) is 5.82 Å². The molecule has 1 aromatic carbocycles. The van der Waals surface area contributed by atoms with Crippen LogP contribution in [0.25, 0.3) is 0 Å². The average Bonchev–Trinajstić information content (AvgIpc) is 2.41. The fraction of sp³-hybridized carbons (Fsp3) is 0.455. The number of hydrogen-bond acceptors (Lipinski definition) is 4. The second-order valence-corrected chi connectivity index (χ2v) is 6.40. The lowest BCUT2D eigenvalue weighted by atomic mass is 10.3. The van der Waals surface area contributed by atoms with Crippen molar-refractivity contribution in [3.8, 4) is 0 Å². The van der Waals surface area contributed by atoms with Gasteiger partial charge >= 0.3 is 0 Å². The highest BCUT2D eigenvalue weighted by atomic mass is 35.5. The third-order valence-corrected chi connectivity index (χ3v) is 5.01. The topological polar surface area (TPSA) is 66.8 Å². The number of sulfonamides is 1. The Labute approximate surface area is 115 Å². The summed E-state index contributed by atoms with van der Waals surface area (Å²) in [6, 6.07) is 3.83. The predicted octanol–water partition coefficient (Wildman–Crippen LogP) is 0.861. The van der Waals surface area contributed by atoms with Gasteiger partial charge in [0.1, 0.15) is 4.90 Å². The lowest BCUT2D eigenvalue weighted by molar-refractivity contribution is -0.0305. The van der Waals surface area contributed by atoms with Crippen molar-refractivity contribution in [2.45, 2.75) is 11.0 Å². The molecule has 5 nitrogen and oxygen atoms in total. The summed E-state index contributed by atoms with van der Waals surface area (Å²) in [6.07, 6.45) is -0.592. The van der Waals surface area contributed by atoms with Crippen LogP contribution < -0.4 is 0 Å². The van der Waals surface area contributed by atoms with Crippen molar-refractivity contribution in [1.29, 1.82) is 0 Å². The molecule has 1 N–H and O–H groups in total. The minimum Gasteiger partial charge on any atom is -0.394 e. The summed E-state index contributed by atoms with van der Waals surface area (Å²) < 4.78 is 44.7. The van der Waals surface area contributed by atoms with Crippen LogP contribution in [0.2, 0.25) is 5.02 Å². The molecule has 1 fully saturated rings. The number of aliphatic hydroxyl groups is 1. The highest BCUT2D eigenvalue weighted by Crippen LogP contribution is 2.25. The van der Waals surface area contributed by atoms with Crippen LogP contribution in [0.15, 0.2) is 23.1 Å². The molecule has 0 radical (unpaired) electrons. The largest absolute Gasteiger partial charge is 0.394 e. The van der Waals surface area contributed by atoms with Crippen molar-refractivity contribution in [2.75, 3.05) is 26.3 Å². The first-order chi connectivity index (χ1) is 8.96. The molecule has 0 spiro atoms. The van der Waals surface area contributed by atoms with Crippen LogP contribution in [-0.4, -0.2) is 50.2 Å². The standard InChI is InChI=1S/C11H13ClFNO4S/c12-9-2-1-3-10(11(9)13)19(16,17)14-4-5-18-8(6-14)7-15/h1-3,8,15H,4-7H2.